The highest BCUT2D eigenvalue weighted by Crippen LogP contribution is 2.49. The van der Waals surface area contributed by atoms with E-state index < -0.39 is 0 Å². The molecule has 0 radical (unpaired) electrons. The number of aromatic nitrogens is 3. The van der Waals surface area contributed by atoms with Gasteiger partial charge in [0.25, 0.3) is 5.56 Å². The molecule has 0 aliphatic heterocycles. The second-order valence-electron chi connectivity index (χ2n) is 7.55. The smallest absolute Gasteiger partial charge is 0.282 e. The summed E-state index contributed by atoms with van der Waals surface area (Å²) in [5, 5.41) is 15.9. The SMILES string of the molecule is N#Cc1c(C2(c3ccc(Cl)cc3)CCC2)nn2c(=O)c(-c3ccc(Cl)cc3)c[nH]c12. The molecule has 5 nitrogen and oxygen atoms in total. The maximum atomic E-state index is 13.2. The van der Waals surface area contributed by atoms with Crippen LogP contribution in [0.3, 0.4) is 0 Å². The van der Waals surface area contributed by atoms with Crippen molar-refractivity contribution in [3.63, 3.8) is 0 Å². The molecule has 0 atom stereocenters. The van der Waals surface area contributed by atoms with Gasteiger partial charge in [0, 0.05) is 21.7 Å². The van der Waals surface area contributed by atoms with Crippen molar-refractivity contribution in [1.82, 2.24) is 14.6 Å². The summed E-state index contributed by atoms with van der Waals surface area (Å²) in [6.07, 6.45) is 4.39. The van der Waals surface area contributed by atoms with Gasteiger partial charge in [-0.2, -0.15) is 14.9 Å². The van der Waals surface area contributed by atoms with Crippen molar-refractivity contribution in [1.29, 1.82) is 5.26 Å². The topological polar surface area (TPSA) is 74.0 Å². The van der Waals surface area contributed by atoms with Crippen molar-refractivity contribution in [2.75, 3.05) is 0 Å². The number of hydrogen-bond acceptors (Lipinski definition) is 3. The maximum absolute atomic E-state index is 13.2. The van der Waals surface area contributed by atoms with Gasteiger partial charge in [-0.3, -0.25) is 4.79 Å². The number of nitrogens with zero attached hydrogens (tertiary/aromatic N) is 3. The highest BCUT2D eigenvalue weighted by Gasteiger charge is 2.45. The van der Waals surface area contributed by atoms with Crippen molar-refractivity contribution < 1.29 is 0 Å². The van der Waals surface area contributed by atoms with Crippen molar-refractivity contribution in [2.24, 2.45) is 0 Å². The Kier molecular flexibility index (Phi) is 4.43. The summed E-state index contributed by atoms with van der Waals surface area (Å²) >= 11 is 12.0. The Bertz CT molecular complexity index is 1360. The molecule has 5 rings (SSSR count). The van der Waals surface area contributed by atoms with E-state index in [0.29, 0.717) is 32.5 Å². The van der Waals surface area contributed by atoms with E-state index in [1.807, 2.05) is 24.3 Å². The van der Waals surface area contributed by atoms with E-state index in [0.717, 1.165) is 30.4 Å². The van der Waals surface area contributed by atoms with E-state index >= 15 is 0 Å². The molecule has 4 aromatic rings. The first-order valence-corrected chi connectivity index (χ1v) is 10.4. The fourth-order valence-corrected chi connectivity index (χ4v) is 4.51. The van der Waals surface area contributed by atoms with Gasteiger partial charge in [-0.1, -0.05) is 53.9 Å². The van der Waals surface area contributed by atoms with E-state index in [1.165, 1.54) is 4.52 Å². The molecule has 0 unspecified atom stereocenters. The predicted molar refractivity (Wildman–Crippen MR) is 117 cm³/mol. The van der Waals surface area contributed by atoms with Crippen molar-refractivity contribution in [2.45, 2.75) is 24.7 Å². The number of rotatable bonds is 3. The lowest BCUT2D eigenvalue weighted by Crippen LogP contribution is -2.36. The molecule has 1 fully saturated rings. The largest absolute Gasteiger partial charge is 0.345 e. The first-order valence-electron chi connectivity index (χ1n) is 9.60. The summed E-state index contributed by atoms with van der Waals surface area (Å²) in [5.74, 6) is 0. The van der Waals surface area contributed by atoms with Gasteiger partial charge in [-0.25, -0.2) is 0 Å². The minimum atomic E-state index is -0.387. The molecule has 0 amide bonds. The number of H-pyrrole nitrogens is 1. The normalized spacial score (nSPS) is 15.0. The first kappa shape index (κ1) is 18.9. The highest BCUT2D eigenvalue weighted by molar-refractivity contribution is 6.30. The van der Waals surface area contributed by atoms with Gasteiger partial charge in [0.1, 0.15) is 11.6 Å². The minimum absolute atomic E-state index is 0.278. The van der Waals surface area contributed by atoms with E-state index in [9.17, 15) is 10.1 Å². The van der Waals surface area contributed by atoms with Crippen molar-refractivity contribution >= 4 is 28.8 Å². The lowest BCUT2D eigenvalue weighted by molar-refractivity contribution is 0.292. The number of hydrogen-bond donors (Lipinski definition) is 1. The molecule has 2 heterocycles. The average molecular weight is 435 g/mol. The molecule has 1 aliphatic carbocycles. The number of nitriles is 1. The Morgan fingerprint density at radius 1 is 1.03 bits per heavy atom. The number of benzene rings is 2. The van der Waals surface area contributed by atoms with Gasteiger partial charge in [-0.15, -0.1) is 0 Å². The molecular formula is C23H16Cl2N4O. The van der Waals surface area contributed by atoms with Gasteiger partial charge in [0.2, 0.25) is 0 Å². The molecule has 148 valence electrons. The van der Waals surface area contributed by atoms with Gasteiger partial charge < -0.3 is 4.98 Å². The van der Waals surface area contributed by atoms with Gasteiger partial charge in [0.05, 0.1) is 11.3 Å². The number of aromatic amines is 1. The number of nitrogens with one attached hydrogen (secondary N) is 1. The molecular weight excluding hydrogens is 419 g/mol. The fraction of sp³-hybridized carbons (Fsp3) is 0.174. The second kappa shape index (κ2) is 7.02. The third-order valence-electron chi connectivity index (χ3n) is 5.99. The summed E-state index contributed by atoms with van der Waals surface area (Å²) in [7, 11) is 0. The van der Waals surface area contributed by atoms with Crippen LogP contribution in [0.2, 0.25) is 10.0 Å². The van der Waals surface area contributed by atoms with Crippen LogP contribution < -0.4 is 5.56 Å². The Labute approximate surface area is 182 Å². The Morgan fingerprint density at radius 2 is 1.67 bits per heavy atom. The number of fused-ring (bicyclic) bond motifs is 1. The van der Waals surface area contributed by atoms with Crippen LogP contribution in [-0.4, -0.2) is 14.6 Å². The molecule has 30 heavy (non-hydrogen) atoms. The molecule has 2 aromatic carbocycles. The predicted octanol–water partition coefficient (Wildman–Crippen LogP) is 5.34. The van der Waals surface area contributed by atoms with Crippen LogP contribution in [0, 0.1) is 11.3 Å². The molecule has 2 aromatic heterocycles. The lowest BCUT2D eigenvalue weighted by Gasteiger charge is -2.41. The van der Waals surface area contributed by atoms with Crippen LogP contribution in [0.4, 0.5) is 0 Å². The second-order valence-corrected chi connectivity index (χ2v) is 8.43. The standard InChI is InChI=1S/C23H16Cl2N4O/c24-16-6-2-14(3-7-16)19-13-27-21-18(12-26)20(28-29(21)22(19)30)23(10-1-11-23)15-4-8-17(25)9-5-15/h2-9,13,27H,1,10-11H2. The van der Waals surface area contributed by atoms with E-state index in [1.54, 1.807) is 30.5 Å². The van der Waals surface area contributed by atoms with Gasteiger partial charge in [-0.05, 0) is 48.2 Å². The molecule has 0 spiro atoms. The van der Waals surface area contributed by atoms with Crippen molar-refractivity contribution in [3.8, 4) is 17.2 Å². The van der Waals surface area contributed by atoms with Crippen LogP contribution >= 0.6 is 23.2 Å². The zero-order valence-electron chi connectivity index (χ0n) is 15.8. The Morgan fingerprint density at radius 3 is 2.23 bits per heavy atom. The first-order chi connectivity index (χ1) is 14.5. The quantitative estimate of drug-likeness (QED) is 0.472. The van der Waals surface area contributed by atoms with Gasteiger partial charge in [0.15, 0.2) is 5.65 Å². The number of halogens is 2. The third-order valence-corrected chi connectivity index (χ3v) is 6.49. The monoisotopic (exact) mass is 434 g/mol. The molecule has 7 heteroatoms. The molecule has 1 aliphatic rings. The lowest BCUT2D eigenvalue weighted by atomic mass is 9.62. The van der Waals surface area contributed by atoms with Gasteiger partial charge >= 0.3 is 0 Å². The zero-order chi connectivity index (χ0) is 20.9. The maximum Gasteiger partial charge on any atom is 0.282 e. The van der Waals surface area contributed by atoms with Crippen LogP contribution in [0.5, 0.6) is 0 Å². The van der Waals surface area contributed by atoms with Crippen LogP contribution in [0.1, 0.15) is 36.1 Å². The summed E-state index contributed by atoms with van der Waals surface area (Å²) < 4.78 is 1.31. The Balaban J connectivity index is 1.73. The third kappa shape index (κ3) is 2.76. The molecule has 1 saturated carbocycles. The molecule has 0 saturated heterocycles. The zero-order valence-corrected chi connectivity index (χ0v) is 17.3. The van der Waals surface area contributed by atoms with Crippen LogP contribution in [0.25, 0.3) is 16.8 Å². The van der Waals surface area contributed by atoms with E-state index in [4.69, 9.17) is 23.2 Å². The molecule has 0 bridgehead atoms. The van der Waals surface area contributed by atoms with Crippen LogP contribution in [0.15, 0.2) is 59.5 Å². The van der Waals surface area contributed by atoms with E-state index in [-0.39, 0.29) is 11.0 Å². The fourth-order valence-electron chi connectivity index (χ4n) is 4.25. The summed E-state index contributed by atoms with van der Waals surface area (Å²) in [6.45, 7) is 0. The summed E-state index contributed by atoms with van der Waals surface area (Å²) in [6, 6.07) is 17.0. The summed E-state index contributed by atoms with van der Waals surface area (Å²) in [5.41, 5.74) is 3.05. The van der Waals surface area contributed by atoms with Crippen LogP contribution in [-0.2, 0) is 5.41 Å². The van der Waals surface area contributed by atoms with Crippen molar-refractivity contribution in [3.05, 3.63) is 91.9 Å². The highest BCUT2D eigenvalue weighted by atomic mass is 35.5. The molecule has 1 N–H and O–H groups in total. The average Bonchev–Trinajstić information content (AvgIpc) is 3.09. The van der Waals surface area contributed by atoms with E-state index in [2.05, 4.69) is 16.2 Å². The Hall–Kier alpha value is -3.07. The minimum Gasteiger partial charge on any atom is -0.345 e. The summed E-state index contributed by atoms with van der Waals surface area (Å²) in [4.78, 5) is 16.3.